The summed E-state index contributed by atoms with van der Waals surface area (Å²) in [6.45, 7) is 6.84. The summed E-state index contributed by atoms with van der Waals surface area (Å²) in [7, 11) is 0. The maximum Gasteiger partial charge on any atom is 0.165 e. The molecule has 114 valence electrons. The summed E-state index contributed by atoms with van der Waals surface area (Å²) in [5.74, 6) is 0.586. The summed E-state index contributed by atoms with van der Waals surface area (Å²) in [6, 6.07) is 5.03. The lowest BCUT2D eigenvalue weighted by Crippen LogP contribution is -2.20. The topological polar surface area (TPSA) is 39.1 Å². The molecule has 0 aliphatic carbocycles. The summed E-state index contributed by atoms with van der Waals surface area (Å²) in [4.78, 5) is 3.96. The third-order valence-electron chi connectivity index (χ3n) is 3.07. The van der Waals surface area contributed by atoms with Crippen LogP contribution in [0.3, 0.4) is 0 Å². The van der Waals surface area contributed by atoms with Gasteiger partial charge in [-0.1, -0.05) is 26.0 Å². The molecule has 0 saturated carbocycles. The second kappa shape index (κ2) is 7.78. The van der Waals surface area contributed by atoms with Gasteiger partial charge in [0, 0.05) is 24.5 Å². The van der Waals surface area contributed by atoms with E-state index in [1.54, 1.807) is 18.6 Å². The van der Waals surface area contributed by atoms with E-state index in [-0.39, 0.29) is 5.82 Å². The fourth-order valence-electron chi connectivity index (χ4n) is 2.02. The van der Waals surface area contributed by atoms with Crippen LogP contribution in [0, 0.1) is 11.7 Å². The van der Waals surface area contributed by atoms with E-state index in [1.165, 1.54) is 6.07 Å². The molecule has 0 saturated heterocycles. The molecule has 1 heterocycles. The van der Waals surface area contributed by atoms with Crippen molar-refractivity contribution in [1.82, 2.24) is 14.9 Å². The van der Waals surface area contributed by atoms with Crippen LogP contribution in [-0.4, -0.2) is 22.7 Å². The molecule has 0 aliphatic rings. The van der Waals surface area contributed by atoms with Crippen molar-refractivity contribution in [2.75, 3.05) is 13.2 Å². The lowest BCUT2D eigenvalue weighted by atomic mass is 10.1. The van der Waals surface area contributed by atoms with Gasteiger partial charge in [0.05, 0.1) is 12.9 Å². The zero-order chi connectivity index (χ0) is 15.1. The van der Waals surface area contributed by atoms with Crippen molar-refractivity contribution in [3.05, 3.63) is 48.3 Å². The number of para-hydroxylation sites is 1. The predicted octanol–water partition coefficient (Wildman–Crippen LogP) is 2.85. The van der Waals surface area contributed by atoms with E-state index >= 15 is 0 Å². The minimum Gasteiger partial charge on any atom is -0.488 e. The van der Waals surface area contributed by atoms with Crippen LogP contribution in [0.2, 0.25) is 0 Å². The Morgan fingerprint density at radius 2 is 2.24 bits per heavy atom. The maximum atomic E-state index is 13.9. The molecule has 0 amide bonds. The number of ether oxygens (including phenoxy) is 1. The lowest BCUT2D eigenvalue weighted by molar-refractivity contribution is 0.280. The molecule has 0 spiro atoms. The molecule has 5 heteroatoms. The SMILES string of the molecule is CC(C)CNCc1cccc(F)c1OCCn1ccnc1. The number of rotatable bonds is 8. The zero-order valence-electron chi connectivity index (χ0n) is 12.6. The van der Waals surface area contributed by atoms with Gasteiger partial charge in [-0.25, -0.2) is 9.37 Å². The van der Waals surface area contributed by atoms with Gasteiger partial charge in [-0.2, -0.15) is 0 Å². The van der Waals surface area contributed by atoms with Crippen molar-refractivity contribution in [2.45, 2.75) is 26.9 Å². The maximum absolute atomic E-state index is 13.9. The summed E-state index contributed by atoms with van der Waals surface area (Å²) >= 11 is 0. The molecule has 1 N–H and O–H groups in total. The highest BCUT2D eigenvalue weighted by atomic mass is 19.1. The van der Waals surface area contributed by atoms with Gasteiger partial charge < -0.3 is 14.6 Å². The van der Waals surface area contributed by atoms with Crippen LogP contribution in [0.1, 0.15) is 19.4 Å². The summed E-state index contributed by atoms with van der Waals surface area (Å²) in [5.41, 5.74) is 0.848. The van der Waals surface area contributed by atoms with Crippen molar-refractivity contribution in [1.29, 1.82) is 0 Å². The molecule has 1 aromatic carbocycles. The smallest absolute Gasteiger partial charge is 0.165 e. The highest BCUT2D eigenvalue weighted by Gasteiger charge is 2.09. The first-order valence-corrected chi connectivity index (χ1v) is 7.23. The number of imidazole rings is 1. The van der Waals surface area contributed by atoms with E-state index in [4.69, 9.17) is 4.74 Å². The summed E-state index contributed by atoms with van der Waals surface area (Å²) in [5, 5.41) is 3.31. The van der Waals surface area contributed by atoms with Crippen LogP contribution in [0.4, 0.5) is 4.39 Å². The number of nitrogens with one attached hydrogen (secondary N) is 1. The largest absolute Gasteiger partial charge is 0.488 e. The Kier molecular flexibility index (Phi) is 5.75. The van der Waals surface area contributed by atoms with Gasteiger partial charge in [0.2, 0.25) is 0 Å². The number of hydrogen-bond donors (Lipinski definition) is 1. The Bertz CT molecular complexity index is 540. The van der Waals surface area contributed by atoms with Crippen LogP contribution < -0.4 is 10.1 Å². The lowest BCUT2D eigenvalue weighted by Gasteiger charge is -2.14. The van der Waals surface area contributed by atoms with E-state index in [0.717, 1.165) is 12.1 Å². The molecule has 4 nitrogen and oxygen atoms in total. The quantitative estimate of drug-likeness (QED) is 0.813. The fourth-order valence-corrected chi connectivity index (χ4v) is 2.02. The van der Waals surface area contributed by atoms with Gasteiger partial charge in [0.15, 0.2) is 11.6 Å². The van der Waals surface area contributed by atoms with Crippen LogP contribution in [0.5, 0.6) is 5.75 Å². The average molecular weight is 291 g/mol. The average Bonchev–Trinajstić information content (AvgIpc) is 2.94. The van der Waals surface area contributed by atoms with Crippen LogP contribution >= 0.6 is 0 Å². The third-order valence-corrected chi connectivity index (χ3v) is 3.07. The highest BCUT2D eigenvalue weighted by molar-refractivity contribution is 5.34. The summed E-state index contributed by atoms with van der Waals surface area (Å²) < 4.78 is 21.5. The molecule has 0 fully saturated rings. The van der Waals surface area contributed by atoms with E-state index in [0.29, 0.717) is 31.4 Å². The Hall–Kier alpha value is -1.88. The van der Waals surface area contributed by atoms with Crippen molar-refractivity contribution < 1.29 is 9.13 Å². The summed E-state index contributed by atoms with van der Waals surface area (Å²) in [6.07, 6.45) is 5.29. The van der Waals surface area contributed by atoms with Crippen LogP contribution in [-0.2, 0) is 13.1 Å². The van der Waals surface area contributed by atoms with Crippen LogP contribution in [0.15, 0.2) is 36.9 Å². The van der Waals surface area contributed by atoms with Gasteiger partial charge in [-0.3, -0.25) is 0 Å². The number of aromatic nitrogens is 2. The van der Waals surface area contributed by atoms with Gasteiger partial charge >= 0.3 is 0 Å². The van der Waals surface area contributed by atoms with Gasteiger partial charge in [0.25, 0.3) is 0 Å². The van der Waals surface area contributed by atoms with Gasteiger partial charge in [0.1, 0.15) is 6.61 Å². The molecule has 0 bridgehead atoms. The molecule has 2 rings (SSSR count). The molecular formula is C16H22FN3O. The highest BCUT2D eigenvalue weighted by Crippen LogP contribution is 2.22. The predicted molar refractivity (Wildman–Crippen MR) is 80.7 cm³/mol. The van der Waals surface area contributed by atoms with Crippen molar-refractivity contribution in [3.8, 4) is 5.75 Å². The second-order valence-corrected chi connectivity index (χ2v) is 5.40. The van der Waals surface area contributed by atoms with Crippen molar-refractivity contribution >= 4 is 0 Å². The molecule has 21 heavy (non-hydrogen) atoms. The minimum atomic E-state index is -0.315. The number of benzene rings is 1. The molecular weight excluding hydrogens is 269 g/mol. The van der Waals surface area contributed by atoms with Gasteiger partial charge in [-0.05, 0) is 18.5 Å². The van der Waals surface area contributed by atoms with E-state index < -0.39 is 0 Å². The monoisotopic (exact) mass is 291 g/mol. The standard InChI is InChI=1S/C16H22FN3O/c1-13(2)10-19-11-14-4-3-5-15(17)16(14)21-9-8-20-7-6-18-12-20/h3-7,12-13,19H,8-11H2,1-2H3. The van der Waals surface area contributed by atoms with E-state index in [2.05, 4.69) is 24.1 Å². The molecule has 2 aromatic rings. The molecule has 0 aliphatic heterocycles. The van der Waals surface area contributed by atoms with Gasteiger partial charge in [-0.15, -0.1) is 0 Å². The first kappa shape index (κ1) is 15.5. The second-order valence-electron chi connectivity index (χ2n) is 5.40. The van der Waals surface area contributed by atoms with E-state index in [1.807, 2.05) is 16.8 Å². The molecule has 0 atom stereocenters. The number of halogens is 1. The molecule has 0 unspecified atom stereocenters. The van der Waals surface area contributed by atoms with Crippen molar-refractivity contribution in [2.24, 2.45) is 5.92 Å². The first-order chi connectivity index (χ1) is 10.2. The zero-order valence-corrected chi connectivity index (χ0v) is 12.6. The van der Waals surface area contributed by atoms with E-state index in [9.17, 15) is 4.39 Å². The van der Waals surface area contributed by atoms with Crippen molar-refractivity contribution in [3.63, 3.8) is 0 Å². The third kappa shape index (κ3) is 4.86. The van der Waals surface area contributed by atoms with Crippen LogP contribution in [0.25, 0.3) is 0 Å². The number of hydrogen-bond acceptors (Lipinski definition) is 3. The Balaban J connectivity index is 1.93. The Labute approximate surface area is 125 Å². The normalized spacial score (nSPS) is 11.0. The Morgan fingerprint density at radius 3 is 2.95 bits per heavy atom. The molecule has 0 radical (unpaired) electrons. The molecule has 1 aromatic heterocycles. The Morgan fingerprint density at radius 1 is 1.38 bits per heavy atom. The first-order valence-electron chi connectivity index (χ1n) is 7.23. The number of nitrogens with zero attached hydrogens (tertiary/aromatic N) is 2. The minimum absolute atomic E-state index is 0.315. The fraction of sp³-hybridized carbons (Fsp3) is 0.438.